The van der Waals surface area contributed by atoms with E-state index in [9.17, 15) is 24.1 Å². The van der Waals surface area contributed by atoms with Crippen LogP contribution in [-0.2, 0) is 41.2 Å². The molecule has 1 heterocycles. The van der Waals surface area contributed by atoms with E-state index >= 15 is 0 Å². The molecular weight excluding hydrogens is 501 g/mol. The summed E-state index contributed by atoms with van der Waals surface area (Å²) in [6.45, 7) is 0.939. The molecule has 200 valence electrons. The van der Waals surface area contributed by atoms with Crippen molar-refractivity contribution in [2.24, 2.45) is 0 Å². The average molecular weight is 534 g/mol. The Kier molecular flexibility index (Phi) is 10.4. The van der Waals surface area contributed by atoms with Gasteiger partial charge < -0.3 is 20.4 Å². The maximum atomic E-state index is 13.7. The number of aliphatic carboxylic acids is 1. The van der Waals surface area contributed by atoms with Crippen molar-refractivity contribution in [1.29, 1.82) is 0 Å². The van der Waals surface area contributed by atoms with Crippen LogP contribution in [0.3, 0.4) is 0 Å². The minimum Gasteiger partial charge on any atom is -0.480 e. The van der Waals surface area contributed by atoms with Gasteiger partial charge in [0, 0.05) is 6.54 Å². The number of nitrogens with one attached hydrogen (secondary N) is 2. The lowest BCUT2D eigenvalue weighted by Gasteiger charge is -2.29. The molecule has 1 aliphatic rings. The maximum absolute atomic E-state index is 13.7. The van der Waals surface area contributed by atoms with Crippen LogP contribution in [0.5, 0.6) is 0 Å². The first-order valence-electron chi connectivity index (χ1n) is 11.9. The molecule has 0 aromatic heterocycles. The van der Waals surface area contributed by atoms with Crippen LogP contribution in [0.1, 0.15) is 30.9 Å². The topological polar surface area (TPSA) is 154 Å². The predicted molar refractivity (Wildman–Crippen MR) is 134 cm³/mol. The number of aliphatic hydroxyl groups excluding tert-OH is 1. The van der Waals surface area contributed by atoms with Gasteiger partial charge in [-0.15, -0.1) is 0 Å². The Morgan fingerprint density at radius 1 is 1.03 bits per heavy atom. The van der Waals surface area contributed by atoms with Crippen LogP contribution in [0.25, 0.3) is 0 Å². The third kappa shape index (κ3) is 8.21. The molecule has 4 N–H and O–H groups in total. The van der Waals surface area contributed by atoms with Crippen LogP contribution in [0.15, 0.2) is 60.7 Å². The molecule has 2 amide bonds. The summed E-state index contributed by atoms with van der Waals surface area (Å²) in [5, 5.41) is 23.2. The van der Waals surface area contributed by atoms with Crippen LogP contribution in [0.2, 0.25) is 0 Å². The molecule has 37 heavy (non-hydrogen) atoms. The third-order valence-electron chi connectivity index (χ3n) is 5.85. The second-order valence-electron chi connectivity index (χ2n) is 8.64. The number of benzene rings is 2. The van der Waals surface area contributed by atoms with E-state index in [0.29, 0.717) is 12.8 Å². The van der Waals surface area contributed by atoms with E-state index < -0.39 is 50.3 Å². The van der Waals surface area contributed by atoms with Crippen molar-refractivity contribution < 1.29 is 38.2 Å². The van der Waals surface area contributed by atoms with Gasteiger partial charge in [-0.25, -0.2) is 14.4 Å². The van der Waals surface area contributed by atoms with Gasteiger partial charge in [-0.2, -0.15) is 0 Å². The maximum Gasteiger partial charge on any atom is 0.406 e. The Morgan fingerprint density at radius 2 is 1.57 bits per heavy atom. The lowest BCUT2D eigenvalue weighted by Crippen LogP contribution is -2.54. The molecule has 1 fully saturated rings. The Morgan fingerprint density at radius 3 is 2.05 bits per heavy atom. The molecule has 3 rings (SSSR count). The summed E-state index contributed by atoms with van der Waals surface area (Å²) in [5.41, 5.74) is 1.53. The quantitative estimate of drug-likeness (QED) is 0.283. The number of nitrogens with zero attached hydrogens (tertiary/aromatic N) is 1. The molecule has 12 heteroatoms. The number of rotatable bonds is 13. The van der Waals surface area contributed by atoms with Gasteiger partial charge in [-0.1, -0.05) is 60.7 Å². The molecule has 0 saturated carbocycles. The number of likely N-dealkylation sites (tertiary alicyclic amines) is 1. The Balaban J connectivity index is 1.69. The van der Waals surface area contributed by atoms with Crippen LogP contribution in [-0.4, -0.2) is 64.2 Å². The molecule has 1 saturated heterocycles. The van der Waals surface area contributed by atoms with Crippen LogP contribution in [0.4, 0.5) is 0 Å². The summed E-state index contributed by atoms with van der Waals surface area (Å²) in [7, 11) is -3.99. The van der Waals surface area contributed by atoms with Crippen LogP contribution < -0.4 is 10.4 Å². The lowest BCUT2D eigenvalue weighted by atomic mass is 10.1. The van der Waals surface area contributed by atoms with E-state index in [0.717, 1.165) is 11.1 Å². The van der Waals surface area contributed by atoms with Crippen molar-refractivity contribution >= 4 is 25.5 Å². The highest BCUT2D eigenvalue weighted by Gasteiger charge is 2.39. The fourth-order valence-corrected chi connectivity index (χ4v) is 5.32. The highest BCUT2D eigenvalue weighted by atomic mass is 31.2. The lowest BCUT2D eigenvalue weighted by molar-refractivity contribution is -0.145. The molecule has 3 atom stereocenters. The number of carbonyl (C=O) groups is 3. The van der Waals surface area contributed by atoms with Crippen LogP contribution >= 0.6 is 7.75 Å². The summed E-state index contributed by atoms with van der Waals surface area (Å²) in [6.07, 6.45) is 0.856. The van der Waals surface area contributed by atoms with Crippen LogP contribution in [0, 0.1) is 0 Å². The van der Waals surface area contributed by atoms with Gasteiger partial charge in [0.15, 0.2) is 0 Å². The van der Waals surface area contributed by atoms with Crippen molar-refractivity contribution in [2.45, 2.75) is 51.1 Å². The predicted octanol–water partition coefficient (Wildman–Crippen LogP) is 2.06. The van der Waals surface area contributed by atoms with Gasteiger partial charge in [-0.3, -0.25) is 18.6 Å². The molecule has 1 aliphatic heterocycles. The van der Waals surface area contributed by atoms with E-state index in [1.807, 2.05) is 36.4 Å². The third-order valence-corrected chi connectivity index (χ3v) is 7.49. The number of hydrogen-bond donors (Lipinski definition) is 4. The first-order valence-corrected chi connectivity index (χ1v) is 13.5. The zero-order chi connectivity index (χ0) is 26.8. The van der Waals surface area contributed by atoms with Crippen molar-refractivity contribution in [2.75, 3.05) is 13.2 Å². The molecule has 0 unspecified atom stereocenters. The zero-order valence-corrected chi connectivity index (χ0v) is 21.4. The fraction of sp³-hybridized carbons (Fsp3) is 0.400. The normalized spacial score (nSPS) is 17.2. The minimum absolute atomic E-state index is 0.0205. The summed E-state index contributed by atoms with van der Waals surface area (Å²) < 4.78 is 25.0. The number of carbonyl (C=O) groups excluding carboxylic acids is 2. The van der Waals surface area contributed by atoms with Gasteiger partial charge in [0.2, 0.25) is 11.8 Å². The average Bonchev–Trinajstić information content (AvgIpc) is 3.40. The monoisotopic (exact) mass is 533 g/mol. The smallest absolute Gasteiger partial charge is 0.406 e. The first kappa shape index (κ1) is 28.5. The summed E-state index contributed by atoms with van der Waals surface area (Å²) in [6, 6.07) is 14.7. The first-order chi connectivity index (χ1) is 17.7. The SMILES string of the molecule is C[C@H](NP(=O)(OCc1ccccc1)OCc1ccccc1)C(=O)N1CCC[C@H]1C(=O)N[C@@H](CO)C(=O)O. The number of hydrogen-bond acceptors (Lipinski definition) is 7. The molecule has 0 aliphatic carbocycles. The zero-order valence-electron chi connectivity index (χ0n) is 20.5. The second kappa shape index (κ2) is 13.5. The van der Waals surface area contributed by atoms with Gasteiger partial charge in [0.1, 0.15) is 12.1 Å². The van der Waals surface area contributed by atoms with Gasteiger partial charge in [-0.05, 0) is 30.9 Å². The van der Waals surface area contributed by atoms with E-state index in [-0.39, 0.29) is 19.8 Å². The molecule has 0 spiro atoms. The molecule has 2 aromatic carbocycles. The van der Waals surface area contributed by atoms with E-state index in [4.69, 9.17) is 14.2 Å². The van der Waals surface area contributed by atoms with E-state index in [2.05, 4.69) is 10.4 Å². The second-order valence-corrected chi connectivity index (χ2v) is 10.4. The number of aliphatic hydroxyl groups is 1. The number of carboxylic acid groups (broad SMARTS) is 1. The van der Waals surface area contributed by atoms with E-state index in [1.54, 1.807) is 24.3 Å². The fourth-order valence-electron chi connectivity index (χ4n) is 3.88. The molecule has 11 nitrogen and oxygen atoms in total. The Bertz CT molecular complexity index is 1050. The van der Waals surface area contributed by atoms with Crippen molar-refractivity contribution in [3.63, 3.8) is 0 Å². The van der Waals surface area contributed by atoms with Gasteiger partial charge >= 0.3 is 13.7 Å². The molecule has 0 bridgehead atoms. The summed E-state index contributed by atoms with van der Waals surface area (Å²) in [4.78, 5) is 38.4. The highest BCUT2D eigenvalue weighted by molar-refractivity contribution is 7.51. The van der Waals surface area contributed by atoms with Crippen molar-refractivity contribution in [1.82, 2.24) is 15.3 Å². The van der Waals surface area contributed by atoms with Gasteiger partial charge in [0.05, 0.1) is 25.9 Å². The number of amides is 2. The van der Waals surface area contributed by atoms with Crippen molar-refractivity contribution in [3.05, 3.63) is 71.8 Å². The Labute approximate surface area is 215 Å². The minimum atomic E-state index is -3.99. The van der Waals surface area contributed by atoms with Gasteiger partial charge in [0.25, 0.3) is 0 Å². The molecule has 2 aromatic rings. The van der Waals surface area contributed by atoms with E-state index in [1.165, 1.54) is 11.8 Å². The Hall–Kier alpha value is -3.08. The largest absolute Gasteiger partial charge is 0.480 e. The highest BCUT2D eigenvalue weighted by Crippen LogP contribution is 2.46. The number of carboxylic acids is 1. The standard InChI is InChI=1S/C25H32N3O8P/c1-18(24(31)28-14-8-13-22(28)23(30)26-21(15-29)25(32)33)27-37(34,35-16-19-9-4-2-5-10-19)36-17-20-11-6-3-7-12-20/h2-7,9-12,18,21-22,29H,8,13-17H2,1H3,(H,26,30)(H,27,34)(H,32,33)/t18-,21-,22-/m0/s1. The summed E-state index contributed by atoms with van der Waals surface area (Å²) >= 11 is 0. The molecule has 0 radical (unpaired) electrons. The van der Waals surface area contributed by atoms with Crippen molar-refractivity contribution in [3.8, 4) is 0 Å². The molecular formula is C25H32N3O8P. The summed E-state index contributed by atoms with van der Waals surface area (Å²) in [5.74, 6) is -2.57.